The molecule has 2 fully saturated rings. The second-order valence-electron chi connectivity index (χ2n) is 15.0. The highest BCUT2D eigenvalue weighted by Gasteiger charge is 2.41. The lowest BCUT2D eigenvalue weighted by Gasteiger charge is -2.38. The number of anilines is 2. The van der Waals surface area contributed by atoms with Crippen LogP contribution < -0.4 is 37.2 Å². The molecule has 6 unspecified atom stereocenters. The summed E-state index contributed by atoms with van der Waals surface area (Å²) in [7, 11) is 0. The fraction of sp³-hybridized carbons (Fsp3) is 0.366. The highest BCUT2D eigenvalue weighted by molar-refractivity contribution is 7.22. The zero-order chi connectivity index (χ0) is 40.0. The number of benzene rings is 2. The second kappa shape index (κ2) is 15.7. The lowest BCUT2D eigenvalue weighted by Crippen LogP contribution is -2.60. The van der Waals surface area contributed by atoms with Gasteiger partial charge in [0.05, 0.1) is 24.0 Å². The van der Waals surface area contributed by atoms with E-state index < -0.39 is 18.2 Å². The van der Waals surface area contributed by atoms with Crippen LogP contribution in [-0.4, -0.2) is 89.8 Å². The van der Waals surface area contributed by atoms with Crippen molar-refractivity contribution in [2.24, 2.45) is 0 Å². The molecule has 7 N–H and O–H groups in total. The summed E-state index contributed by atoms with van der Waals surface area (Å²) >= 11 is 2.67. The Hall–Kier alpha value is -5.74. The summed E-state index contributed by atoms with van der Waals surface area (Å²) in [6, 6.07) is 9.43. The Morgan fingerprint density at radius 1 is 0.719 bits per heavy atom. The summed E-state index contributed by atoms with van der Waals surface area (Å²) < 4.78 is 1.71. The normalized spacial score (nSPS) is 24.0. The Balaban J connectivity index is 0.991. The molecule has 16 heteroatoms. The second-order valence-corrected chi connectivity index (χ2v) is 17.1. The van der Waals surface area contributed by atoms with E-state index in [-0.39, 0.29) is 60.1 Å². The molecule has 0 bridgehead atoms. The minimum absolute atomic E-state index is 0.0407. The van der Waals surface area contributed by atoms with Crippen LogP contribution in [0, 0.1) is 0 Å². The number of nitrogens with zero attached hydrogens (tertiary/aromatic N) is 1. The SMILES string of the molecule is C=CC(=O)NC1CCCC1NC(=O)c1ccc2sc3c(c2c1)NCC(N(C(=O)C=C)C1CCCC1NC(=O)c1ccc2sc4c(c2c1)NCC(C)NC4=O)NC3=O. The Morgan fingerprint density at radius 3 is 1.88 bits per heavy atom. The number of amides is 6. The van der Waals surface area contributed by atoms with Crippen molar-refractivity contribution in [3.63, 3.8) is 0 Å². The topological polar surface area (TPSA) is 190 Å². The quantitative estimate of drug-likeness (QED) is 0.121. The molecule has 14 nitrogen and oxygen atoms in total. The smallest absolute Gasteiger partial charge is 0.265 e. The maximum atomic E-state index is 13.9. The van der Waals surface area contributed by atoms with Gasteiger partial charge in [-0.3, -0.25) is 28.8 Å². The molecule has 8 rings (SSSR count). The van der Waals surface area contributed by atoms with Crippen LogP contribution in [0.25, 0.3) is 20.2 Å². The molecular formula is C41H44N8O6S2. The van der Waals surface area contributed by atoms with E-state index in [1.807, 2.05) is 19.1 Å². The molecule has 0 spiro atoms. The first-order chi connectivity index (χ1) is 27.5. The summed E-state index contributed by atoms with van der Waals surface area (Å²) in [6.07, 6.45) is 6.04. The third-order valence-electron chi connectivity index (χ3n) is 11.3. The van der Waals surface area contributed by atoms with Gasteiger partial charge in [0.15, 0.2) is 0 Å². The molecular weight excluding hydrogens is 765 g/mol. The van der Waals surface area contributed by atoms with Crippen molar-refractivity contribution in [2.45, 2.75) is 81.8 Å². The Labute approximate surface area is 336 Å². The molecule has 4 heterocycles. The molecule has 6 atom stereocenters. The monoisotopic (exact) mass is 808 g/mol. The standard InChI is InChI=1S/C41H44N8O6S2/c1-4-32(50)45-25-8-6-9-26(25)46-38(52)21-12-14-30-24(16-21)35-37(57-30)41(55)48-31(19-43-35)49(33(51)5-2)28-11-7-10-27(28)47-39(53)22-13-15-29-23(17-22)34-36(56-29)40(54)44-20(3)18-42-34/h4-5,12-17,20,25-28,31,42-43H,1-2,6-11,18-19H2,3H3,(H,44,54)(H,45,50)(H,46,52)(H,47,53)(H,48,55). The lowest BCUT2D eigenvalue weighted by atomic mass is 10.1. The van der Waals surface area contributed by atoms with E-state index in [0.717, 1.165) is 46.2 Å². The number of hydrogen-bond acceptors (Lipinski definition) is 10. The van der Waals surface area contributed by atoms with E-state index in [1.54, 1.807) is 29.2 Å². The van der Waals surface area contributed by atoms with Crippen molar-refractivity contribution in [2.75, 3.05) is 23.7 Å². The molecule has 0 saturated heterocycles. The highest BCUT2D eigenvalue weighted by Crippen LogP contribution is 2.39. The molecule has 2 saturated carbocycles. The van der Waals surface area contributed by atoms with E-state index in [2.05, 4.69) is 50.4 Å². The molecule has 2 aliphatic heterocycles. The number of fused-ring (bicyclic) bond motifs is 6. The van der Waals surface area contributed by atoms with E-state index in [0.29, 0.717) is 51.3 Å². The van der Waals surface area contributed by atoms with Crippen molar-refractivity contribution in [1.29, 1.82) is 0 Å². The Bertz CT molecular complexity index is 2350. The van der Waals surface area contributed by atoms with Gasteiger partial charge in [-0.2, -0.15) is 0 Å². The first-order valence-electron chi connectivity index (χ1n) is 19.2. The average molecular weight is 809 g/mol. The van der Waals surface area contributed by atoms with Gasteiger partial charge in [-0.25, -0.2) is 0 Å². The fourth-order valence-corrected chi connectivity index (χ4v) is 10.7. The van der Waals surface area contributed by atoms with Crippen LogP contribution in [0.4, 0.5) is 11.4 Å². The van der Waals surface area contributed by atoms with Crippen LogP contribution in [-0.2, 0) is 9.59 Å². The van der Waals surface area contributed by atoms with E-state index in [9.17, 15) is 28.8 Å². The van der Waals surface area contributed by atoms with Gasteiger partial charge in [-0.15, -0.1) is 22.7 Å². The Morgan fingerprint density at radius 2 is 1.26 bits per heavy atom. The molecule has 6 amide bonds. The molecule has 4 aliphatic rings. The van der Waals surface area contributed by atoms with Crippen LogP contribution in [0.1, 0.15) is 85.5 Å². The van der Waals surface area contributed by atoms with Gasteiger partial charge in [-0.05, 0) is 94.0 Å². The van der Waals surface area contributed by atoms with Crippen molar-refractivity contribution in [3.05, 3.63) is 82.6 Å². The van der Waals surface area contributed by atoms with Crippen molar-refractivity contribution < 1.29 is 28.8 Å². The first-order valence-corrected chi connectivity index (χ1v) is 20.9. The molecule has 57 heavy (non-hydrogen) atoms. The van der Waals surface area contributed by atoms with Crippen LogP contribution in [0.2, 0.25) is 0 Å². The van der Waals surface area contributed by atoms with Gasteiger partial charge in [0.1, 0.15) is 15.9 Å². The minimum atomic E-state index is -0.770. The van der Waals surface area contributed by atoms with Gasteiger partial charge >= 0.3 is 0 Å². The number of carbonyl (C=O) groups excluding carboxylic acids is 6. The van der Waals surface area contributed by atoms with Crippen LogP contribution >= 0.6 is 22.7 Å². The third kappa shape index (κ3) is 7.34. The third-order valence-corrected chi connectivity index (χ3v) is 13.6. The highest BCUT2D eigenvalue weighted by atomic mass is 32.1. The molecule has 296 valence electrons. The largest absolute Gasteiger partial charge is 0.381 e. The number of hydrogen-bond donors (Lipinski definition) is 7. The summed E-state index contributed by atoms with van der Waals surface area (Å²) in [5.41, 5.74) is 2.15. The van der Waals surface area contributed by atoms with Crippen LogP contribution in [0.15, 0.2) is 61.7 Å². The van der Waals surface area contributed by atoms with E-state index in [1.165, 1.54) is 34.8 Å². The zero-order valence-electron chi connectivity index (χ0n) is 31.4. The van der Waals surface area contributed by atoms with Gasteiger partial charge in [0, 0.05) is 62.0 Å². The maximum absolute atomic E-state index is 13.9. The molecule has 2 aliphatic carbocycles. The number of thiophene rings is 2. The number of nitrogens with one attached hydrogen (secondary N) is 7. The predicted octanol–water partition coefficient (Wildman–Crippen LogP) is 4.46. The molecule has 4 aromatic rings. The lowest BCUT2D eigenvalue weighted by molar-refractivity contribution is -0.131. The van der Waals surface area contributed by atoms with E-state index >= 15 is 0 Å². The minimum Gasteiger partial charge on any atom is -0.381 e. The summed E-state index contributed by atoms with van der Waals surface area (Å²) in [4.78, 5) is 82.2. The predicted molar refractivity (Wildman–Crippen MR) is 222 cm³/mol. The van der Waals surface area contributed by atoms with Crippen molar-refractivity contribution in [3.8, 4) is 0 Å². The molecule has 2 aromatic carbocycles. The van der Waals surface area contributed by atoms with Gasteiger partial charge in [0.2, 0.25) is 11.8 Å². The summed E-state index contributed by atoms with van der Waals surface area (Å²) in [5, 5.41) is 23.5. The van der Waals surface area contributed by atoms with Gasteiger partial charge in [0.25, 0.3) is 23.6 Å². The Kier molecular flexibility index (Phi) is 10.5. The first kappa shape index (κ1) is 38.1. The molecule has 0 radical (unpaired) electrons. The van der Waals surface area contributed by atoms with Gasteiger partial charge < -0.3 is 42.1 Å². The number of carbonyl (C=O) groups is 6. The van der Waals surface area contributed by atoms with Crippen molar-refractivity contribution >= 4 is 89.7 Å². The van der Waals surface area contributed by atoms with Gasteiger partial charge in [-0.1, -0.05) is 13.2 Å². The summed E-state index contributed by atoms with van der Waals surface area (Å²) in [6.45, 7) is 9.93. The zero-order valence-corrected chi connectivity index (χ0v) is 33.0. The van der Waals surface area contributed by atoms with Crippen LogP contribution in [0.3, 0.4) is 0 Å². The summed E-state index contributed by atoms with van der Waals surface area (Å²) in [5.74, 6) is -1.74. The fourth-order valence-electron chi connectivity index (χ4n) is 8.52. The maximum Gasteiger partial charge on any atom is 0.265 e. The van der Waals surface area contributed by atoms with Crippen LogP contribution in [0.5, 0.6) is 0 Å². The van der Waals surface area contributed by atoms with Crippen molar-refractivity contribution in [1.82, 2.24) is 31.5 Å². The molecule has 2 aromatic heterocycles. The average Bonchev–Trinajstić information content (AvgIpc) is 3.97. The number of rotatable bonds is 9. The van der Waals surface area contributed by atoms with E-state index in [4.69, 9.17) is 0 Å².